The number of nitrogens with zero attached hydrogens (tertiary/aromatic N) is 2. The molecule has 0 radical (unpaired) electrons. The lowest BCUT2D eigenvalue weighted by atomic mass is 9.96. The van der Waals surface area contributed by atoms with Crippen molar-refractivity contribution in [3.8, 4) is 0 Å². The number of anilines is 1. The third-order valence-corrected chi connectivity index (χ3v) is 4.06. The zero-order valence-electron chi connectivity index (χ0n) is 12.8. The number of benzene rings is 1. The van der Waals surface area contributed by atoms with Crippen molar-refractivity contribution >= 4 is 36.4 Å². The number of nitrogens with one attached hydrogen (secondary N) is 1. The molecular formula is C16H22Cl2N4O. The lowest BCUT2D eigenvalue weighted by molar-refractivity contribution is -0.134. The summed E-state index contributed by atoms with van der Waals surface area (Å²) in [6.07, 6.45) is 7.37. The molecule has 1 aliphatic rings. The Hall–Kier alpha value is -1.72. The van der Waals surface area contributed by atoms with Gasteiger partial charge in [0.1, 0.15) is 0 Å². The molecule has 1 fully saturated rings. The summed E-state index contributed by atoms with van der Waals surface area (Å²) < 4.78 is 0. The number of carbonyl (C=O) groups excluding carboxylic acids is 1. The Bertz CT molecular complexity index is 601. The molecule has 1 amide bonds. The highest BCUT2D eigenvalue weighted by molar-refractivity contribution is 5.85. The number of H-pyrrole nitrogens is 1. The van der Waals surface area contributed by atoms with Crippen LogP contribution in [0.2, 0.25) is 0 Å². The van der Waals surface area contributed by atoms with Gasteiger partial charge >= 0.3 is 0 Å². The number of nitrogen functional groups attached to an aromatic ring is 1. The first-order chi connectivity index (χ1) is 10.2. The second-order valence-electron chi connectivity index (χ2n) is 5.55. The van der Waals surface area contributed by atoms with E-state index in [1.165, 1.54) is 0 Å². The summed E-state index contributed by atoms with van der Waals surface area (Å²) in [5, 5.41) is 6.85. The fourth-order valence-electron chi connectivity index (χ4n) is 2.93. The molecule has 1 unspecified atom stereocenters. The predicted octanol–water partition coefficient (Wildman–Crippen LogP) is 3.13. The summed E-state index contributed by atoms with van der Waals surface area (Å²) in [7, 11) is 0. The van der Waals surface area contributed by atoms with E-state index < -0.39 is 0 Å². The van der Waals surface area contributed by atoms with Crippen molar-refractivity contribution in [1.82, 2.24) is 15.1 Å². The monoisotopic (exact) mass is 356 g/mol. The summed E-state index contributed by atoms with van der Waals surface area (Å²) in [6.45, 7) is 0.823. The fraction of sp³-hybridized carbons (Fsp3) is 0.375. The normalized spacial score (nSPS) is 17.0. The predicted molar refractivity (Wildman–Crippen MR) is 95.9 cm³/mol. The molecule has 1 atom stereocenters. The number of hydrogen-bond donors (Lipinski definition) is 2. The number of likely N-dealkylation sites (tertiary alicyclic amines) is 1. The van der Waals surface area contributed by atoms with E-state index in [4.69, 9.17) is 5.73 Å². The largest absolute Gasteiger partial charge is 0.399 e. The first-order valence-corrected chi connectivity index (χ1v) is 7.36. The van der Waals surface area contributed by atoms with Gasteiger partial charge in [-0.25, -0.2) is 0 Å². The Kier molecular flexibility index (Phi) is 7.39. The molecule has 1 aliphatic heterocycles. The first-order valence-electron chi connectivity index (χ1n) is 7.36. The summed E-state index contributed by atoms with van der Waals surface area (Å²) in [5.41, 5.74) is 8.51. The Morgan fingerprint density at radius 3 is 2.65 bits per heavy atom. The van der Waals surface area contributed by atoms with Crippen molar-refractivity contribution < 1.29 is 4.79 Å². The minimum Gasteiger partial charge on any atom is -0.399 e. The molecule has 0 aliphatic carbocycles. The van der Waals surface area contributed by atoms with E-state index in [0.717, 1.165) is 42.6 Å². The standard InChI is InChI=1S/C16H20N4O.2ClH/c17-14-6-4-12(5-7-14)9-16(21)20-8-2-1-3-15(20)13-10-18-19-11-13;;/h4-7,10-11,15H,1-3,8-9,17H2,(H,18,19);2*1H. The van der Waals surface area contributed by atoms with Gasteiger partial charge in [0.05, 0.1) is 18.7 Å². The van der Waals surface area contributed by atoms with Gasteiger partial charge in [-0.3, -0.25) is 9.89 Å². The molecule has 5 nitrogen and oxygen atoms in total. The Labute approximate surface area is 148 Å². The van der Waals surface area contributed by atoms with E-state index >= 15 is 0 Å². The molecule has 1 aromatic heterocycles. The van der Waals surface area contributed by atoms with Gasteiger partial charge in [0.15, 0.2) is 0 Å². The molecule has 2 aromatic rings. The summed E-state index contributed by atoms with van der Waals surface area (Å²) in [4.78, 5) is 14.6. The lowest BCUT2D eigenvalue weighted by Crippen LogP contribution is -2.39. The van der Waals surface area contributed by atoms with E-state index in [1.807, 2.05) is 41.6 Å². The van der Waals surface area contributed by atoms with Gasteiger partial charge in [0, 0.05) is 24.0 Å². The second-order valence-corrected chi connectivity index (χ2v) is 5.55. The van der Waals surface area contributed by atoms with Crippen LogP contribution < -0.4 is 5.73 Å². The van der Waals surface area contributed by atoms with Gasteiger partial charge in [-0.05, 0) is 37.0 Å². The van der Waals surface area contributed by atoms with Gasteiger partial charge in [-0.2, -0.15) is 5.10 Å². The number of rotatable bonds is 3. The fourth-order valence-corrected chi connectivity index (χ4v) is 2.93. The topological polar surface area (TPSA) is 75.0 Å². The number of carbonyl (C=O) groups is 1. The number of piperidine rings is 1. The number of hydrogen-bond acceptors (Lipinski definition) is 3. The molecule has 126 valence electrons. The Morgan fingerprint density at radius 1 is 1.26 bits per heavy atom. The third kappa shape index (κ3) is 4.62. The molecule has 7 heteroatoms. The van der Waals surface area contributed by atoms with Crippen molar-refractivity contribution in [2.75, 3.05) is 12.3 Å². The van der Waals surface area contributed by atoms with Crippen molar-refractivity contribution in [2.45, 2.75) is 31.7 Å². The highest BCUT2D eigenvalue weighted by Gasteiger charge is 2.28. The quantitative estimate of drug-likeness (QED) is 0.829. The maximum atomic E-state index is 12.6. The molecular weight excluding hydrogens is 335 g/mol. The van der Waals surface area contributed by atoms with Crippen LogP contribution in [0.5, 0.6) is 0 Å². The average Bonchev–Trinajstić information content (AvgIpc) is 3.04. The molecule has 3 N–H and O–H groups in total. The second kappa shape index (κ2) is 8.79. The van der Waals surface area contributed by atoms with Gasteiger partial charge in [-0.15, -0.1) is 24.8 Å². The molecule has 1 saturated heterocycles. The molecule has 0 spiro atoms. The number of aromatic amines is 1. The number of halogens is 2. The SMILES string of the molecule is Cl.Cl.Nc1ccc(CC(=O)N2CCCCC2c2cn[nH]c2)cc1. The van der Waals surface area contributed by atoms with Crippen molar-refractivity contribution in [2.24, 2.45) is 0 Å². The van der Waals surface area contributed by atoms with Crippen molar-refractivity contribution in [3.63, 3.8) is 0 Å². The smallest absolute Gasteiger partial charge is 0.227 e. The molecule has 0 bridgehead atoms. The molecule has 23 heavy (non-hydrogen) atoms. The number of amides is 1. The van der Waals surface area contributed by atoms with Crippen LogP contribution in [0.25, 0.3) is 0 Å². The first kappa shape index (κ1) is 19.3. The summed E-state index contributed by atoms with van der Waals surface area (Å²) >= 11 is 0. The third-order valence-electron chi connectivity index (χ3n) is 4.06. The van der Waals surface area contributed by atoms with Gasteiger partial charge in [-0.1, -0.05) is 12.1 Å². The van der Waals surface area contributed by atoms with Gasteiger partial charge < -0.3 is 10.6 Å². The summed E-state index contributed by atoms with van der Waals surface area (Å²) in [5.74, 6) is 0.172. The van der Waals surface area contributed by atoms with Crippen LogP contribution in [0.15, 0.2) is 36.7 Å². The summed E-state index contributed by atoms with van der Waals surface area (Å²) in [6, 6.07) is 7.67. The zero-order valence-corrected chi connectivity index (χ0v) is 14.4. The molecule has 0 saturated carbocycles. The number of nitrogens with two attached hydrogens (primary N) is 1. The van der Waals surface area contributed by atoms with Crippen LogP contribution in [-0.2, 0) is 11.2 Å². The van der Waals surface area contributed by atoms with Crippen molar-refractivity contribution in [1.29, 1.82) is 0 Å². The number of aromatic nitrogens is 2. The molecule has 1 aromatic carbocycles. The molecule has 3 rings (SSSR count). The highest BCUT2D eigenvalue weighted by Crippen LogP contribution is 2.30. The van der Waals surface area contributed by atoms with E-state index in [1.54, 1.807) is 0 Å². The van der Waals surface area contributed by atoms with E-state index in [9.17, 15) is 4.79 Å². The van der Waals surface area contributed by atoms with E-state index in [-0.39, 0.29) is 36.8 Å². The molecule has 2 heterocycles. The lowest BCUT2D eigenvalue weighted by Gasteiger charge is -2.35. The highest BCUT2D eigenvalue weighted by atomic mass is 35.5. The van der Waals surface area contributed by atoms with Crippen LogP contribution in [0.1, 0.15) is 36.4 Å². The van der Waals surface area contributed by atoms with E-state index in [0.29, 0.717) is 6.42 Å². The van der Waals surface area contributed by atoms with Crippen LogP contribution in [-0.4, -0.2) is 27.5 Å². The van der Waals surface area contributed by atoms with Crippen LogP contribution >= 0.6 is 24.8 Å². The maximum Gasteiger partial charge on any atom is 0.227 e. The van der Waals surface area contributed by atoms with E-state index in [2.05, 4.69) is 10.2 Å². The van der Waals surface area contributed by atoms with Crippen LogP contribution in [0.3, 0.4) is 0 Å². The minimum absolute atomic E-state index is 0. The van der Waals surface area contributed by atoms with Crippen LogP contribution in [0.4, 0.5) is 5.69 Å². The zero-order chi connectivity index (χ0) is 14.7. The minimum atomic E-state index is 0. The van der Waals surface area contributed by atoms with Gasteiger partial charge in [0.25, 0.3) is 0 Å². The van der Waals surface area contributed by atoms with Crippen LogP contribution in [0, 0.1) is 0 Å². The Balaban J connectivity index is 0.00000132. The maximum absolute atomic E-state index is 12.6. The average molecular weight is 357 g/mol. The van der Waals surface area contributed by atoms with Gasteiger partial charge in [0.2, 0.25) is 5.91 Å². The van der Waals surface area contributed by atoms with Crippen molar-refractivity contribution in [3.05, 3.63) is 47.8 Å². The Morgan fingerprint density at radius 2 is 2.00 bits per heavy atom.